The summed E-state index contributed by atoms with van der Waals surface area (Å²) >= 11 is 0. The molecule has 3 N–H and O–H groups in total. The van der Waals surface area contributed by atoms with Crippen molar-refractivity contribution < 1.29 is 9.53 Å². The van der Waals surface area contributed by atoms with Gasteiger partial charge in [0.1, 0.15) is 5.69 Å². The van der Waals surface area contributed by atoms with Gasteiger partial charge in [-0.2, -0.15) is 0 Å². The van der Waals surface area contributed by atoms with Gasteiger partial charge >= 0.3 is 0 Å². The fourth-order valence-electron chi connectivity index (χ4n) is 2.00. The number of hydrogen-bond donors (Lipinski definition) is 2. The van der Waals surface area contributed by atoms with Crippen molar-refractivity contribution in [3.8, 4) is 0 Å². The van der Waals surface area contributed by atoms with E-state index in [2.05, 4.69) is 22.6 Å². The molecule has 0 bridgehead atoms. The molecule has 1 aromatic rings. The van der Waals surface area contributed by atoms with Crippen LogP contribution >= 0.6 is 0 Å². The van der Waals surface area contributed by atoms with Crippen LogP contribution in [0.5, 0.6) is 0 Å². The molecule has 2 unspecified atom stereocenters. The second-order valence-corrected chi connectivity index (χ2v) is 4.56. The molecule has 0 spiro atoms. The molecule has 1 amide bonds. The first-order valence-electron chi connectivity index (χ1n) is 6.18. The largest absolute Gasteiger partial charge is 0.373 e. The average Bonchev–Trinajstić information content (AvgIpc) is 2.96. The monoisotopic (exact) mass is 253 g/mol. The number of nitrogens with zero attached hydrogens (tertiary/aromatic N) is 3. The van der Waals surface area contributed by atoms with Crippen molar-refractivity contribution in [2.24, 2.45) is 5.73 Å². The Kier molecular flexibility index (Phi) is 4.27. The van der Waals surface area contributed by atoms with Crippen LogP contribution in [0.1, 0.15) is 25.5 Å². The zero-order valence-corrected chi connectivity index (χ0v) is 10.5. The number of nitrogens with one attached hydrogen (secondary N) is 1. The summed E-state index contributed by atoms with van der Waals surface area (Å²) < 4.78 is 7.47. The smallest absolute Gasteiger partial charge is 0.234 e. The van der Waals surface area contributed by atoms with Crippen LogP contribution in [0.4, 0.5) is 0 Å². The first-order valence-corrected chi connectivity index (χ1v) is 6.18. The Bertz CT molecular complexity index is 406. The van der Waals surface area contributed by atoms with E-state index in [0.717, 1.165) is 18.5 Å². The minimum absolute atomic E-state index is 0.0120. The highest BCUT2D eigenvalue weighted by Gasteiger charge is 2.22. The minimum atomic E-state index is -0.197. The van der Waals surface area contributed by atoms with Gasteiger partial charge in [-0.1, -0.05) is 5.21 Å². The van der Waals surface area contributed by atoms with Gasteiger partial charge in [-0.15, -0.1) is 5.10 Å². The molecule has 2 heterocycles. The van der Waals surface area contributed by atoms with Crippen molar-refractivity contribution in [1.29, 1.82) is 0 Å². The Morgan fingerprint density at radius 1 is 1.67 bits per heavy atom. The molecule has 7 nitrogen and oxygen atoms in total. The number of rotatable bonds is 5. The van der Waals surface area contributed by atoms with Crippen molar-refractivity contribution >= 4 is 5.91 Å². The normalized spacial score (nSPS) is 23.2. The van der Waals surface area contributed by atoms with E-state index in [1.807, 2.05) is 6.20 Å². The van der Waals surface area contributed by atoms with E-state index in [-0.39, 0.29) is 18.6 Å². The zero-order valence-electron chi connectivity index (χ0n) is 10.5. The Hall–Kier alpha value is -1.47. The Morgan fingerprint density at radius 3 is 3.17 bits per heavy atom. The van der Waals surface area contributed by atoms with Gasteiger partial charge in [-0.05, 0) is 19.8 Å². The maximum Gasteiger partial charge on any atom is 0.234 e. The number of carbonyl (C=O) groups is 1. The first-order chi connectivity index (χ1) is 8.67. The number of carbonyl (C=O) groups excluding carboxylic acids is 1. The quantitative estimate of drug-likeness (QED) is 0.732. The Balaban J connectivity index is 1.80. The van der Waals surface area contributed by atoms with E-state index >= 15 is 0 Å². The predicted octanol–water partition coefficient (Wildman–Crippen LogP) is -0.579. The maximum absolute atomic E-state index is 11.0. The van der Waals surface area contributed by atoms with Crippen LogP contribution in [0, 0.1) is 0 Å². The summed E-state index contributed by atoms with van der Waals surface area (Å²) in [6.07, 6.45) is 4.53. The van der Waals surface area contributed by atoms with Gasteiger partial charge in [-0.25, -0.2) is 4.68 Å². The minimum Gasteiger partial charge on any atom is -0.373 e. The summed E-state index contributed by atoms with van der Waals surface area (Å²) in [6.45, 7) is 3.14. The number of amides is 1. The van der Waals surface area contributed by atoms with Crippen LogP contribution in [0.15, 0.2) is 6.20 Å². The molecule has 18 heavy (non-hydrogen) atoms. The summed E-state index contributed by atoms with van der Waals surface area (Å²) in [6, 6.07) is 0. The average molecular weight is 253 g/mol. The van der Waals surface area contributed by atoms with E-state index < -0.39 is 0 Å². The number of aromatic nitrogens is 3. The van der Waals surface area contributed by atoms with E-state index in [4.69, 9.17) is 10.5 Å². The van der Waals surface area contributed by atoms with Crippen LogP contribution in [0.3, 0.4) is 0 Å². The number of ether oxygens (including phenoxy) is 1. The highest BCUT2D eigenvalue weighted by atomic mass is 16.5. The maximum atomic E-state index is 11.0. The molecule has 0 saturated carbocycles. The van der Waals surface area contributed by atoms with Crippen molar-refractivity contribution in [2.45, 2.75) is 45.1 Å². The van der Waals surface area contributed by atoms with Crippen molar-refractivity contribution in [1.82, 2.24) is 20.3 Å². The lowest BCUT2D eigenvalue weighted by Gasteiger charge is -2.09. The van der Waals surface area contributed by atoms with E-state index in [0.29, 0.717) is 19.2 Å². The SMILES string of the molecule is CC1CCC(Cn2cc(CNC(=O)CN)nn2)O1. The molecule has 2 atom stereocenters. The molecule has 1 aliphatic heterocycles. The molecule has 100 valence electrons. The van der Waals surface area contributed by atoms with Gasteiger partial charge in [-0.3, -0.25) is 4.79 Å². The molecular weight excluding hydrogens is 234 g/mol. The third-order valence-electron chi connectivity index (χ3n) is 2.95. The summed E-state index contributed by atoms with van der Waals surface area (Å²) in [5, 5.41) is 10.6. The molecule has 7 heteroatoms. The van der Waals surface area contributed by atoms with E-state index in [9.17, 15) is 4.79 Å². The van der Waals surface area contributed by atoms with Gasteiger partial charge < -0.3 is 15.8 Å². The third kappa shape index (κ3) is 3.51. The topological polar surface area (TPSA) is 95.1 Å². The Morgan fingerprint density at radius 2 is 2.50 bits per heavy atom. The molecule has 0 radical (unpaired) electrons. The Labute approximate surface area is 106 Å². The fraction of sp³-hybridized carbons (Fsp3) is 0.727. The van der Waals surface area contributed by atoms with Gasteiger partial charge in [0.15, 0.2) is 0 Å². The van der Waals surface area contributed by atoms with Crippen LogP contribution in [-0.2, 0) is 22.6 Å². The molecule has 0 aliphatic carbocycles. The first kappa shape index (κ1) is 13.0. The van der Waals surface area contributed by atoms with Crippen LogP contribution in [0.25, 0.3) is 0 Å². The molecule has 1 aliphatic rings. The summed E-state index contributed by atoms with van der Waals surface area (Å²) in [4.78, 5) is 11.0. The van der Waals surface area contributed by atoms with Crippen molar-refractivity contribution in [3.05, 3.63) is 11.9 Å². The lowest BCUT2D eigenvalue weighted by Crippen LogP contribution is -2.29. The van der Waals surface area contributed by atoms with Crippen LogP contribution in [0.2, 0.25) is 0 Å². The van der Waals surface area contributed by atoms with Crippen LogP contribution < -0.4 is 11.1 Å². The lowest BCUT2D eigenvalue weighted by molar-refractivity contribution is -0.119. The summed E-state index contributed by atoms with van der Waals surface area (Å²) in [5.41, 5.74) is 5.92. The van der Waals surface area contributed by atoms with E-state index in [1.54, 1.807) is 4.68 Å². The van der Waals surface area contributed by atoms with Gasteiger partial charge in [0, 0.05) is 0 Å². The molecule has 2 rings (SSSR count). The summed E-state index contributed by atoms with van der Waals surface area (Å²) in [5.74, 6) is -0.197. The van der Waals surface area contributed by atoms with Gasteiger partial charge in [0.2, 0.25) is 5.91 Å². The zero-order chi connectivity index (χ0) is 13.0. The van der Waals surface area contributed by atoms with Gasteiger partial charge in [0.25, 0.3) is 0 Å². The van der Waals surface area contributed by atoms with Gasteiger partial charge in [0.05, 0.1) is 38.0 Å². The summed E-state index contributed by atoms with van der Waals surface area (Å²) in [7, 11) is 0. The number of hydrogen-bond acceptors (Lipinski definition) is 5. The molecule has 1 saturated heterocycles. The third-order valence-corrected chi connectivity index (χ3v) is 2.95. The van der Waals surface area contributed by atoms with Crippen LogP contribution in [-0.4, -0.2) is 39.7 Å². The number of nitrogens with two attached hydrogens (primary N) is 1. The van der Waals surface area contributed by atoms with Crippen molar-refractivity contribution in [3.63, 3.8) is 0 Å². The standard InChI is InChI=1S/C11H19N5O2/c1-8-2-3-10(18-8)7-16-6-9(14-15-16)5-13-11(17)4-12/h6,8,10H,2-5,7,12H2,1H3,(H,13,17). The molecule has 1 aromatic heterocycles. The lowest BCUT2D eigenvalue weighted by atomic mass is 10.2. The van der Waals surface area contributed by atoms with Crippen molar-refractivity contribution in [2.75, 3.05) is 6.54 Å². The fourth-order valence-corrected chi connectivity index (χ4v) is 2.00. The molecule has 1 fully saturated rings. The highest BCUT2D eigenvalue weighted by molar-refractivity contribution is 5.77. The second-order valence-electron chi connectivity index (χ2n) is 4.56. The highest BCUT2D eigenvalue weighted by Crippen LogP contribution is 2.19. The molecule has 0 aromatic carbocycles. The second kappa shape index (κ2) is 5.92. The van der Waals surface area contributed by atoms with E-state index in [1.165, 1.54) is 0 Å². The predicted molar refractivity (Wildman–Crippen MR) is 64.5 cm³/mol. The molecular formula is C11H19N5O2.